The molecule has 1 saturated heterocycles. The molecule has 0 saturated carbocycles. The maximum Gasteiger partial charge on any atom is 0.408 e. The molecule has 100 valence electrons. The van der Waals surface area contributed by atoms with E-state index in [4.69, 9.17) is 19.9 Å². The van der Waals surface area contributed by atoms with Crippen LogP contribution < -0.4 is 11.1 Å². The quantitative estimate of drug-likeness (QED) is 0.762. The first kappa shape index (κ1) is 14.2. The van der Waals surface area contributed by atoms with Crippen LogP contribution in [-0.2, 0) is 14.2 Å². The first-order valence-corrected chi connectivity index (χ1v) is 5.83. The third-order valence-corrected chi connectivity index (χ3v) is 2.09. The number of carbonyl (C=O) groups excluding carboxylic acids is 1. The van der Waals surface area contributed by atoms with E-state index in [0.717, 1.165) is 0 Å². The summed E-state index contributed by atoms with van der Waals surface area (Å²) in [6, 6.07) is -0.168. The molecule has 6 heteroatoms. The molecular formula is C11H22N2O4. The third-order valence-electron chi connectivity index (χ3n) is 2.09. The molecule has 0 unspecified atom stereocenters. The highest BCUT2D eigenvalue weighted by atomic mass is 16.7. The van der Waals surface area contributed by atoms with Crippen molar-refractivity contribution < 1.29 is 19.0 Å². The van der Waals surface area contributed by atoms with Crippen molar-refractivity contribution in [3.05, 3.63) is 0 Å². The number of hydrogen-bond acceptors (Lipinski definition) is 5. The monoisotopic (exact) mass is 246 g/mol. The van der Waals surface area contributed by atoms with Gasteiger partial charge in [0, 0.05) is 6.42 Å². The predicted molar refractivity (Wildman–Crippen MR) is 62.5 cm³/mol. The fourth-order valence-corrected chi connectivity index (χ4v) is 1.40. The highest BCUT2D eigenvalue weighted by Crippen LogP contribution is 2.10. The first-order chi connectivity index (χ1) is 7.90. The number of alkyl carbamates (subject to hydrolysis) is 1. The number of carbonyl (C=O) groups is 1. The van der Waals surface area contributed by atoms with Crippen LogP contribution in [0, 0.1) is 0 Å². The number of ether oxygens (including phenoxy) is 3. The van der Waals surface area contributed by atoms with Gasteiger partial charge in [-0.05, 0) is 27.3 Å². The van der Waals surface area contributed by atoms with Crippen LogP contribution in [0.4, 0.5) is 4.79 Å². The SMILES string of the molecule is CC(C)(C)OC(=O)N[C@H]1CO[C@@H](CCN)OC1. The van der Waals surface area contributed by atoms with Gasteiger partial charge in [-0.25, -0.2) is 4.79 Å². The maximum absolute atomic E-state index is 11.5. The molecule has 0 aromatic heterocycles. The molecule has 0 spiro atoms. The van der Waals surface area contributed by atoms with E-state index >= 15 is 0 Å². The van der Waals surface area contributed by atoms with Crippen LogP contribution >= 0.6 is 0 Å². The molecule has 1 aliphatic rings. The van der Waals surface area contributed by atoms with E-state index in [2.05, 4.69) is 5.32 Å². The zero-order valence-corrected chi connectivity index (χ0v) is 10.7. The number of amides is 1. The van der Waals surface area contributed by atoms with Crippen LogP contribution in [-0.4, -0.2) is 43.8 Å². The van der Waals surface area contributed by atoms with Gasteiger partial charge in [-0.15, -0.1) is 0 Å². The molecule has 0 aliphatic carbocycles. The summed E-state index contributed by atoms with van der Waals surface area (Å²) in [5.74, 6) is 0. The molecule has 1 fully saturated rings. The van der Waals surface area contributed by atoms with Gasteiger partial charge in [0.15, 0.2) is 6.29 Å². The summed E-state index contributed by atoms with van der Waals surface area (Å²) >= 11 is 0. The summed E-state index contributed by atoms with van der Waals surface area (Å²) in [6.07, 6.45) is -0.0391. The van der Waals surface area contributed by atoms with Gasteiger partial charge in [0.05, 0.1) is 19.3 Å². The van der Waals surface area contributed by atoms with Crippen LogP contribution in [0.5, 0.6) is 0 Å². The summed E-state index contributed by atoms with van der Waals surface area (Å²) in [6.45, 7) is 6.82. The van der Waals surface area contributed by atoms with E-state index in [9.17, 15) is 4.79 Å². The Balaban J connectivity index is 2.24. The predicted octanol–water partition coefficient (Wildman–Crippen LogP) is 0.601. The van der Waals surface area contributed by atoms with Crippen molar-refractivity contribution >= 4 is 6.09 Å². The molecule has 1 aliphatic heterocycles. The minimum Gasteiger partial charge on any atom is -0.444 e. The minimum atomic E-state index is -0.497. The molecule has 0 radical (unpaired) electrons. The largest absolute Gasteiger partial charge is 0.444 e. The molecule has 0 bridgehead atoms. The van der Waals surface area contributed by atoms with E-state index in [1.807, 2.05) is 20.8 Å². The molecule has 3 N–H and O–H groups in total. The summed E-state index contributed by atoms with van der Waals surface area (Å²) in [7, 11) is 0. The Morgan fingerprint density at radius 2 is 2.00 bits per heavy atom. The van der Waals surface area contributed by atoms with E-state index in [-0.39, 0.29) is 12.3 Å². The average Bonchev–Trinajstić information content (AvgIpc) is 2.18. The molecule has 1 rings (SSSR count). The number of nitrogens with two attached hydrogens (primary N) is 1. The van der Waals surface area contributed by atoms with E-state index in [1.54, 1.807) is 0 Å². The fraction of sp³-hybridized carbons (Fsp3) is 0.909. The molecule has 1 amide bonds. The molecule has 17 heavy (non-hydrogen) atoms. The van der Waals surface area contributed by atoms with Gasteiger partial charge < -0.3 is 25.3 Å². The van der Waals surface area contributed by atoms with E-state index < -0.39 is 11.7 Å². The maximum atomic E-state index is 11.5. The van der Waals surface area contributed by atoms with Crippen molar-refractivity contribution in [1.82, 2.24) is 5.32 Å². The van der Waals surface area contributed by atoms with Crippen molar-refractivity contribution in [2.24, 2.45) is 5.73 Å². The van der Waals surface area contributed by atoms with Crippen molar-refractivity contribution in [3.8, 4) is 0 Å². The molecule has 0 atom stereocenters. The van der Waals surface area contributed by atoms with Crippen molar-refractivity contribution in [2.75, 3.05) is 19.8 Å². The Hall–Kier alpha value is -0.850. The van der Waals surface area contributed by atoms with Crippen LogP contribution in [0.1, 0.15) is 27.2 Å². The fourth-order valence-electron chi connectivity index (χ4n) is 1.40. The van der Waals surface area contributed by atoms with E-state index in [0.29, 0.717) is 26.2 Å². The second-order valence-electron chi connectivity index (χ2n) is 5.02. The lowest BCUT2D eigenvalue weighted by atomic mass is 10.2. The lowest BCUT2D eigenvalue weighted by Gasteiger charge is -2.30. The van der Waals surface area contributed by atoms with Crippen molar-refractivity contribution in [1.29, 1.82) is 0 Å². The smallest absolute Gasteiger partial charge is 0.408 e. The van der Waals surface area contributed by atoms with Crippen LogP contribution in [0.3, 0.4) is 0 Å². The molecule has 0 aromatic carbocycles. The van der Waals surface area contributed by atoms with Crippen LogP contribution in [0.15, 0.2) is 0 Å². The van der Waals surface area contributed by atoms with E-state index in [1.165, 1.54) is 0 Å². The Labute approximate surface area is 102 Å². The van der Waals surface area contributed by atoms with Gasteiger partial charge in [0.25, 0.3) is 0 Å². The average molecular weight is 246 g/mol. The second-order valence-corrected chi connectivity index (χ2v) is 5.02. The Kier molecular flexibility index (Phi) is 5.17. The normalized spacial score (nSPS) is 25.4. The first-order valence-electron chi connectivity index (χ1n) is 5.83. The molecular weight excluding hydrogens is 224 g/mol. The van der Waals surface area contributed by atoms with Crippen molar-refractivity contribution in [2.45, 2.75) is 45.1 Å². The van der Waals surface area contributed by atoms with Gasteiger partial charge in [0.1, 0.15) is 5.60 Å². The summed E-state index contributed by atoms with van der Waals surface area (Å²) in [5, 5.41) is 2.70. The van der Waals surface area contributed by atoms with Gasteiger partial charge in [-0.1, -0.05) is 0 Å². The highest BCUT2D eigenvalue weighted by Gasteiger charge is 2.25. The molecule has 0 aromatic rings. The summed E-state index contributed by atoms with van der Waals surface area (Å²) in [5.41, 5.74) is 4.90. The topological polar surface area (TPSA) is 82.8 Å². The van der Waals surface area contributed by atoms with Gasteiger partial charge in [-0.2, -0.15) is 0 Å². The Morgan fingerprint density at radius 1 is 1.41 bits per heavy atom. The van der Waals surface area contributed by atoms with Crippen molar-refractivity contribution in [3.63, 3.8) is 0 Å². The minimum absolute atomic E-state index is 0.168. The van der Waals surface area contributed by atoms with Crippen LogP contribution in [0.25, 0.3) is 0 Å². The second kappa shape index (κ2) is 6.18. The lowest BCUT2D eigenvalue weighted by Crippen LogP contribution is -2.48. The molecule has 6 nitrogen and oxygen atoms in total. The molecule has 1 heterocycles. The number of rotatable bonds is 3. The number of nitrogens with one attached hydrogen (secondary N) is 1. The Bertz CT molecular complexity index is 244. The van der Waals surface area contributed by atoms with Gasteiger partial charge in [0.2, 0.25) is 0 Å². The number of hydrogen-bond donors (Lipinski definition) is 2. The van der Waals surface area contributed by atoms with Gasteiger partial charge in [-0.3, -0.25) is 0 Å². The lowest BCUT2D eigenvalue weighted by molar-refractivity contribution is -0.190. The third kappa shape index (κ3) is 5.86. The zero-order valence-electron chi connectivity index (χ0n) is 10.7. The standard InChI is InChI=1S/C11H22N2O4/c1-11(2,3)17-10(14)13-8-6-15-9(4-5-12)16-7-8/h8-9H,4-7,12H2,1-3H3,(H,13,14)/t8-,9+. The van der Waals surface area contributed by atoms with Crippen LogP contribution in [0.2, 0.25) is 0 Å². The Morgan fingerprint density at radius 3 is 2.47 bits per heavy atom. The summed E-state index contributed by atoms with van der Waals surface area (Å²) in [4.78, 5) is 11.5. The summed E-state index contributed by atoms with van der Waals surface area (Å²) < 4.78 is 15.9. The highest BCUT2D eigenvalue weighted by molar-refractivity contribution is 5.68. The zero-order chi connectivity index (χ0) is 12.9. The van der Waals surface area contributed by atoms with Gasteiger partial charge >= 0.3 is 6.09 Å².